The highest BCUT2D eigenvalue weighted by Gasteiger charge is 2.54. The predicted octanol–water partition coefficient (Wildman–Crippen LogP) is 3.80. The lowest BCUT2D eigenvalue weighted by molar-refractivity contribution is -0.672. The number of nitrogens with zero attached hydrogens (tertiary/aromatic N) is 4. The molecule has 1 fully saturated rings. The molecule has 2 N–H and O–H groups in total. The Hall–Kier alpha value is -5.60. The third-order valence-electron chi connectivity index (χ3n) is 7.74. The summed E-state index contributed by atoms with van der Waals surface area (Å²) in [4.78, 5) is 62.6. The molecule has 0 saturated carbocycles. The van der Waals surface area contributed by atoms with Crippen LogP contribution in [-0.2, 0) is 35.8 Å². The number of thiazole rings is 1. The molecule has 4 heterocycles. The number of benzene rings is 2. The highest BCUT2D eigenvalue weighted by atomic mass is 32.2. The summed E-state index contributed by atoms with van der Waals surface area (Å²) in [7, 11) is 1.85. The molecule has 3 amide bonds. The number of hydrogen-bond acceptors (Lipinski definition) is 10. The number of oxime groups is 1. The largest absolute Gasteiger partial charge is 0.448 e. The van der Waals surface area contributed by atoms with Crippen LogP contribution in [0.4, 0.5) is 5.13 Å². The number of fused-ring (bicyclic) bond motifs is 1. The number of carbonyl (C=O) groups is 4. The van der Waals surface area contributed by atoms with Crippen molar-refractivity contribution in [3.63, 3.8) is 0 Å². The van der Waals surface area contributed by atoms with Crippen LogP contribution in [0.25, 0.3) is 0 Å². The molecule has 0 bridgehead atoms. The Morgan fingerprint density at radius 2 is 1.76 bits per heavy atom. The average Bonchev–Trinajstić information content (AvgIpc) is 3.59. The number of aryl methyl sites for hydroxylation is 1. The summed E-state index contributed by atoms with van der Waals surface area (Å²) in [5, 5.41) is 10.7. The first-order valence-corrected chi connectivity index (χ1v) is 17.0. The molecular weight excluding hydrogens is 665 g/mol. The molecule has 49 heavy (non-hydrogen) atoms. The van der Waals surface area contributed by atoms with Gasteiger partial charge in [-0.3, -0.25) is 19.3 Å². The predicted molar refractivity (Wildman–Crippen MR) is 184 cm³/mol. The number of thioether (sulfide) groups is 1. The van der Waals surface area contributed by atoms with Gasteiger partial charge < -0.3 is 20.2 Å². The fourth-order valence-electron chi connectivity index (χ4n) is 5.44. The number of hydrogen-bond donors (Lipinski definition) is 2. The Bertz CT molecular complexity index is 1890. The number of carbonyl (C=O) groups excluding carboxylic acids is 4. The quantitative estimate of drug-likeness (QED) is 0.0537. The van der Waals surface area contributed by atoms with Crippen LogP contribution in [0.5, 0.6) is 0 Å². The van der Waals surface area contributed by atoms with Crippen molar-refractivity contribution in [1.82, 2.24) is 15.2 Å². The van der Waals surface area contributed by atoms with Crippen molar-refractivity contribution in [2.45, 2.75) is 23.6 Å². The summed E-state index contributed by atoms with van der Waals surface area (Å²) in [5.74, 6) is -1.40. The van der Waals surface area contributed by atoms with Crippen LogP contribution in [0.3, 0.4) is 0 Å². The molecule has 2 unspecified atom stereocenters. The maximum atomic E-state index is 13.8. The molecule has 14 heteroatoms. The second kappa shape index (κ2) is 15.1. The fraction of sp³-hybridized carbons (Fsp3) is 0.171. The normalized spacial score (nSPS) is 17.6. The van der Waals surface area contributed by atoms with Crippen LogP contribution in [0.15, 0.2) is 120 Å². The summed E-state index contributed by atoms with van der Waals surface area (Å²) in [5.41, 5.74) is 3.42. The van der Waals surface area contributed by atoms with E-state index in [0.717, 1.165) is 17.3 Å². The molecule has 12 nitrogen and oxygen atoms in total. The summed E-state index contributed by atoms with van der Waals surface area (Å²) in [6.07, 6.45) is 5.21. The molecule has 1 saturated heterocycles. The van der Waals surface area contributed by atoms with Crippen LogP contribution in [0.1, 0.15) is 34.6 Å². The summed E-state index contributed by atoms with van der Waals surface area (Å²) >= 11 is 2.62. The second-order valence-corrected chi connectivity index (χ2v) is 12.9. The van der Waals surface area contributed by atoms with E-state index in [-0.39, 0.29) is 5.70 Å². The van der Waals surface area contributed by atoms with Gasteiger partial charge in [-0.05, 0) is 22.8 Å². The third kappa shape index (κ3) is 7.29. The number of aromatic nitrogens is 2. The molecule has 2 aliphatic heterocycles. The molecule has 4 aromatic rings. The van der Waals surface area contributed by atoms with Gasteiger partial charge in [0.25, 0.3) is 11.8 Å². The first kappa shape index (κ1) is 33.3. The van der Waals surface area contributed by atoms with Gasteiger partial charge in [-0.1, -0.05) is 78.5 Å². The number of esters is 1. The SMILES string of the molecule is C=CC1=C(C(=O)OC(c2ccccc2)c2ccccc2)N2C(=O)C(NC(=O)C=NOC(c3ccc[n+](C)c3)c3csc(NC=O)n3)[C@H]2SC1. The van der Waals surface area contributed by atoms with Crippen molar-refractivity contribution < 1.29 is 33.3 Å². The van der Waals surface area contributed by atoms with Crippen LogP contribution in [-0.4, -0.2) is 57.5 Å². The fourth-order valence-corrected chi connectivity index (χ4v) is 7.46. The lowest BCUT2D eigenvalue weighted by atomic mass is 10.0. The van der Waals surface area contributed by atoms with Crippen molar-refractivity contribution in [1.29, 1.82) is 0 Å². The number of anilines is 1. The lowest BCUT2D eigenvalue weighted by Crippen LogP contribution is -2.70. The van der Waals surface area contributed by atoms with Crippen molar-refractivity contribution >= 4 is 58.6 Å². The number of pyridine rings is 1. The minimum Gasteiger partial charge on any atom is -0.448 e. The second-order valence-electron chi connectivity index (χ2n) is 10.9. The molecule has 0 spiro atoms. The van der Waals surface area contributed by atoms with E-state index in [1.165, 1.54) is 28.0 Å². The van der Waals surface area contributed by atoms with Crippen LogP contribution < -0.4 is 15.2 Å². The molecule has 248 valence electrons. The van der Waals surface area contributed by atoms with E-state index < -0.39 is 41.4 Å². The molecule has 2 aromatic carbocycles. The van der Waals surface area contributed by atoms with E-state index in [9.17, 15) is 19.2 Å². The highest BCUT2D eigenvalue weighted by Crippen LogP contribution is 2.42. The zero-order valence-electron chi connectivity index (χ0n) is 26.2. The zero-order chi connectivity index (χ0) is 34.3. The minimum atomic E-state index is -0.906. The van der Waals surface area contributed by atoms with Gasteiger partial charge in [0.2, 0.25) is 12.5 Å². The summed E-state index contributed by atoms with van der Waals surface area (Å²) in [6, 6.07) is 21.5. The van der Waals surface area contributed by atoms with Crippen LogP contribution >= 0.6 is 23.1 Å². The van der Waals surface area contributed by atoms with Gasteiger partial charge in [-0.25, -0.2) is 14.3 Å². The lowest BCUT2D eigenvalue weighted by Gasteiger charge is -2.49. The van der Waals surface area contributed by atoms with Gasteiger partial charge in [0.15, 0.2) is 23.6 Å². The van der Waals surface area contributed by atoms with Crippen LogP contribution in [0.2, 0.25) is 0 Å². The number of β-lactam (4-membered cyclic amide) rings is 1. The first-order chi connectivity index (χ1) is 23.9. The highest BCUT2D eigenvalue weighted by molar-refractivity contribution is 8.00. The average molecular weight is 696 g/mol. The number of allylic oxidation sites excluding steroid dienone is 1. The molecule has 2 aromatic heterocycles. The third-order valence-corrected chi connectivity index (χ3v) is 9.83. The summed E-state index contributed by atoms with van der Waals surface area (Å²) in [6.45, 7) is 3.85. The van der Waals surface area contributed by atoms with E-state index in [2.05, 4.69) is 27.4 Å². The standard InChI is InChI=1S/C35H30N6O6S2/c1-3-22-19-48-33-28(32(44)41(33)29(22)34(45)46-30(23-11-6-4-7-12-23)24-13-8-5-9-14-24)39-27(43)17-37-47-31(25-15-10-16-40(2)18-25)26-20-49-35(38-26)36-21-42/h3-18,20-21,28,30-31,33H,1,19H2,2H3,(H-,36,38,39,42,43)/p+1/t28?,31?,33-/m1/s1. The Morgan fingerprint density at radius 3 is 2.41 bits per heavy atom. The van der Waals surface area contributed by atoms with Gasteiger partial charge in [-0.2, -0.15) is 0 Å². The van der Waals surface area contributed by atoms with E-state index in [0.29, 0.717) is 34.1 Å². The van der Waals surface area contributed by atoms with Gasteiger partial charge in [0.05, 0.1) is 5.56 Å². The Morgan fingerprint density at radius 1 is 1.06 bits per heavy atom. The molecule has 3 atom stereocenters. The van der Waals surface area contributed by atoms with E-state index >= 15 is 0 Å². The smallest absolute Gasteiger partial charge is 0.356 e. The first-order valence-electron chi connectivity index (χ1n) is 15.1. The van der Waals surface area contributed by atoms with Crippen molar-refractivity contribution in [2.24, 2.45) is 12.2 Å². The van der Waals surface area contributed by atoms with Gasteiger partial charge in [0.1, 0.15) is 36.1 Å². The van der Waals surface area contributed by atoms with E-state index in [4.69, 9.17) is 9.57 Å². The number of nitrogens with one attached hydrogen (secondary N) is 2. The van der Waals surface area contributed by atoms with Crippen molar-refractivity contribution in [3.8, 4) is 0 Å². The minimum absolute atomic E-state index is 0.105. The Balaban J connectivity index is 1.14. The molecular formula is C35H31N6O6S2+. The van der Waals surface area contributed by atoms with E-state index in [1.54, 1.807) is 11.5 Å². The zero-order valence-corrected chi connectivity index (χ0v) is 27.8. The number of ether oxygens (including phenoxy) is 1. The monoisotopic (exact) mass is 695 g/mol. The Kier molecular flexibility index (Phi) is 10.3. The van der Waals surface area contributed by atoms with E-state index in [1.807, 2.05) is 96.8 Å². The molecule has 6 rings (SSSR count). The summed E-state index contributed by atoms with van der Waals surface area (Å²) < 4.78 is 7.91. The maximum Gasteiger partial charge on any atom is 0.356 e. The maximum absolute atomic E-state index is 13.8. The topological polar surface area (TPSA) is 143 Å². The number of amides is 3. The molecule has 0 aliphatic carbocycles. The van der Waals surface area contributed by atoms with Gasteiger partial charge >= 0.3 is 5.97 Å². The van der Waals surface area contributed by atoms with Crippen LogP contribution in [0, 0.1) is 0 Å². The van der Waals surface area contributed by atoms with Gasteiger partial charge in [-0.15, -0.1) is 23.1 Å². The van der Waals surface area contributed by atoms with Crippen molar-refractivity contribution in [3.05, 3.63) is 137 Å². The van der Waals surface area contributed by atoms with Crippen molar-refractivity contribution in [2.75, 3.05) is 11.1 Å². The Labute approximate surface area is 290 Å². The molecule has 2 aliphatic rings. The molecule has 0 radical (unpaired) electrons. The number of rotatable bonds is 13. The van der Waals surface area contributed by atoms with Gasteiger partial charge in [0, 0.05) is 17.2 Å².